The summed E-state index contributed by atoms with van der Waals surface area (Å²) < 4.78 is 18.4. The quantitative estimate of drug-likeness (QED) is 0.483. The molecule has 0 saturated heterocycles. The second-order valence-corrected chi connectivity index (χ2v) is 4.17. The molecule has 0 bridgehead atoms. The number of ether oxygens (including phenoxy) is 1. The van der Waals surface area contributed by atoms with Crippen molar-refractivity contribution < 1.29 is 14.1 Å². The summed E-state index contributed by atoms with van der Waals surface area (Å²) in [5, 5.41) is 13.6. The van der Waals surface area contributed by atoms with E-state index in [-0.39, 0.29) is 11.4 Å². The molecule has 1 aromatic rings. The molecule has 0 aromatic heterocycles. The van der Waals surface area contributed by atoms with Crippen LogP contribution in [0.1, 0.15) is 0 Å². The topological polar surface area (TPSA) is 64.4 Å². The zero-order valence-corrected chi connectivity index (χ0v) is 10.3. The fourth-order valence-corrected chi connectivity index (χ4v) is 1.61. The number of nitro benzene ring substituents is 1. The molecule has 5 nitrogen and oxygen atoms in total. The van der Waals surface area contributed by atoms with E-state index in [2.05, 4.69) is 5.32 Å². The summed E-state index contributed by atoms with van der Waals surface area (Å²) >= 11 is 1.59. The Morgan fingerprint density at radius 3 is 2.82 bits per heavy atom. The zero-order valence-electron chi connectivity index (χ0n) is 9.53. The van der Waals surface area contributed by atoms with Crippen LogP contribution >= 0.6 is 11.8 Å². The summed E-state index contributed by atoms with van der Waals surface area (Å²) in [6.07, 6.45) is 1.92. The lowest BCUT2D eigenvalue weighted by molar-refractivity contribution is -0.386. The Balaban J connectivity index is 3.04. The first-order valence-corrected chi connectivity index (χ1v) is 6.24. The highest BCUT2D eigenvalue weighted by atomic mass is 32.2. The van der Waals surface area contributed by atoms with Gasteiger partial charge in [0, 0.05) is 24.4 Å². The average molecular weight is 260 g/mol. The molecule has 0 radical (unpaired) electrons. The Kier molecular flexibility index (Phi) is 5.02. The van der Waals surface area contributed by atoms with Gasteiger partial charge in [0.2, 0.25) is 5.82 Å². The van der Waals surface area contributed by atoms with Gasteiger partial charge in [-0.15, -0.1) is 0 Å². The average Bonchev–Trinajstić information content (AvgIpc) is 2.28. The van der Waals surface area contributed by atoms with Gasteiger partial charge in [-0.2, -0.15) is 16.2 Å². The molecule has 0 aliphatic carbocycles. The predicted molar refractivity (Wildman–Crippen MR) is 66.5 cm³/mol. The van der Waals surface area contributed by atoms with E-state index in [0.717, 1.165) is 11.8 Å². The number of rotatable bonds is 6. The van der Waals surface area contributed by atoms with Gasteiger partial charge in [-0.25, -0.2) is 0 Å². The largest absolute Gasteiger partial charge is 0.497 e. The van der Waals surface area contributed by atoms with E-state index in [4.69, 9.17) is 4.74 Å². The van der Waals surface area contributed by atoms with Crippen molar-refractivity contribution in [2.75, 3.05) is 31.0 Å². The predicted octanol–water partition coefficient (Wildman–Crippen LogP) is 2.52. The van der Waals surface area contributed by atoms with Crippen LogP contribution in [0.25, 0.3) is 0 Å². The first kappa shape index (κ1) is 13.6. The smallest absolute Gasteiger partial charge is 0.327 e. The Morgan fingerprint density at radius 1 is 1.59 bits per heavy atom. The van der Waals surface area contributed by atoms with Crippen LogP contribution in [0.5, 0.6) is 5.75 Å². The van der Waals surface area contributed by atoms with E-state index in [1.54, 1.807) is 11.8 Å². The lowest BCUT2D eigenvalue weighted by Crippen LogP contribution is -2.07. The van der Waals surface area contributed by atoms with Crippen LogP contribution in [-0.2, 0) is 0 Å². The maximum Gasteiger partial charge on any atom is 0.327 e. The number of methoxy groups -OCH3 is 1. The van der Waals surface area contributed by atoms with Crippen molar-refractivity contribution in [2.45, 2.75) is 0 Å². The second-order valence-electron chi connectivity index (χ2n) is 3.18. The molecule has 1 rings (SSSR count). The van der Waals surface area contributed by atoms with Crippen LogP contribution in [-0.4, -0.2) is 30.6 Å². The summed E-state index contributed by atoms with van der Waals surface area (Å²) in [4.78, 5) is 10.0. The van der Waals surface area contributed by atoms with Crippen LogP contribution in [0.4, 0.5) is 15.8 Å². The van der Waals surface area contributed by atoms with Gasteiger partial charge in [0.15, 0.2) is 0 Å². The van der Waals surface area contributed by atoms with Crippen molar-refractivity contribution >= 4 is 23.1 Å². The van der Waals surface area contributed by atoms with Crippen molar-refractivity contribution in [1.82, 2.24) is 0 Å². The first-order valence-electron chi connectivity index (χ1n) is 4.85. The number of halogens is 1. The zero-order chi connectivity index (χ0) is 12.8. The Bertz CT molecular complexity index is 415. The summed E-state index contributed by atoms with van der Waals surface area (Å²) in [6, 6.07) is 2.42. The highest BCUT2D eigenvalue weighted by molar-refractivity contribution is 7.98. The van der Waals surface area contributed by atoms with E-state index in [9.17, 15) is 14.5 Å². The lowest BCUT2D eigenvalue weighted by Gasteiger charge is -2.08. The molecule has 0 aliphatic heterocycles. The number of nitrogens with zero attached hydrogens (tertiary/aromatic N) is 1. The Labute approximate surface area is 102 Å². The molecular weight excluding hydrogens is 247 g/mol. The summed E-state index contributed by atoms with van der Waals surface area (Å²) in [5.41, 5.74) is -0.409. The normalized spacial score (nSPS) is 10.1. The van der Waals surface area contributed by atoms with Gasteiger partial charge in [0.05, 0.1) is 12.0 Å². The van der Waals surface area contributed by atoms with Crippen molar-refractivity contribution in [3.8, 4) is 5.75 Å². The van der Waals surface area contributed by atoms with Gasteiger partial charge >= 0.3 is 5.69 Å². The van der Waals surface area contributed by atoms with Gasteiger partial charge in [0.1, 0.15) is 11.4 Å². The van der Waals surface area contributed by atoms with Crippen molar-refractivity contribution in [1.29, 1.82) is 0 Å². The van der Waals surface area contributed by atoms with Crippen molar-refractivity contribution in [2.24, 2.45) is 0 Å². The summed E-state index contributed by atoms with van der Waals surface area (Å²) in [5.74, 6) is 0.122. The van der Waals surface area contributed by atoms with Gasteiger partial charge in [-0.05, 0) is 6.26 Å². The fourth-order valence-electron chi connectivity index (χ4n) is 1.30. The number of anilines is 1. The number of benzene rings is 1. The van der Waals surface area contributed by atoms with E-state index in [1.165, 1.54) is 13.2 Å². The Morgan fingerprint density at radius 2 is 2.29 bits per heavy atom. The third kappa shape index (κ3) is 3.48. The number of hydrogen-bond acceptors (Lipinski definition) is 5. The summed E-state index contributed by atoms with van der Waals surface area (Å²) in [7, 11) is 1.38. The van der Waals surface area contributed by atoms with Gasteiger partial charge in [-0.1, -0.05) is 0 Å². The monoisotopic (exact) mass is 260 g/mol. The minimum Gasteiger partial charge on any atom is -0.497 e. The molecule has 0 unspecified atom stereocenters. The summed E-state index contributed by atoms with van der Waals surface area (Å²) in [6.45, 7) is 0.522. The standard InChI is InChI=1S/C10H13FN2O3S/c1-16-7-5-8(11)10(13(14)15)9(6-7)12-3-4-17-2/h5-6,12H,3-4H2,1-2H3. The van der Waals surface area contributed by atoms with E-state index in [1.807, 2.05) is 6.26 Å². The molecule has 0 amide bonds. The molecule has 0 atom stereocenters. The first-order chi connectivity index (χ1) is 8.10. The van der Waals surface area contributed by atoms with Crippen LogP contribution in [0.15, 0.2) is 12.1 Å². The molecule has 7 heteroatoms. The van der Waals surface area contributed by atoms with Crippen molar-refractivity contribution in [3.05, 3.63) is 28.1 Å². The highest BCUT2D eigenvalue weighted by Crippen LogP contribution is 2.32. The van der Waals surface area contributed by atoms with Crippen LogP contribution in [0.2, 0.25) is 0 Å². The minimum absolute atomic E-state index is 0.140. The molecule has 17 heavy (non-hydrogen) atoms. The minimum atomic E-state index is -0.902. The molecule has 94 valence electrons. The van der Waals surface area contributed by atoms with Gasteiger partial charge in [-0.3, -0.25) is 10.1 Å². The lowest BCUT2D eigenvalue weighted by atomic mass is 10.2. The van der Waals surface area contributed by atoms with Gasteiger partial charge in [0.25, 0.3) is 0 Å². The Hall–Kier alpha value is -1.50. The molecule has 0 aliphatic rings. The molecule has 1 aromatic carbocycles. The number of nitro groups is 1. The molecule has 0 spiro atoms. The van der Waals surface area contributed by atoms with Crippen LogP contribution in [0.3, 0.4) is 0 Å². The van der Waals surface area contributed by atoms with E-state index in [0.29, 0.717) is 6.54 Å². The molecule has 1 N–H and O–H groups in total. The number of thioether (sulfide) groups is 1. The number of nitrogens with one attached hydrogen (secondary N) is 1. The van der Waals surface area contributed by atoms with Gasteiger partial charge < -0.3 is 10.1 Å². The number of hydrogen-bond donors (Lipinski definition) is 1. The third-order valence-electron chi connectivity index (χ3n) is 2.08. The molecule has 0 saturated carbocycles. The molecule has 0 heterocycles. The maximum atomic E-state index is 13.5. The fraction of sp³-hybridized carbons (Fsp3) is 0.400. The highest BCUT2D eigenvalue weighted by Gasteiger charge is 2.21. The third-order valence-corrected chi connectivity index (χ3v) is 2.69. The SMILES string of the molecule is COc1cc(F)c([N+](=O)[O-])c(NCCSC)c1. The second kappa shape index (κ2) is 6.29. The van der Waals surface area contributed by atoms with Crippen LogP contribution in [0, 0.1) is 15.9 Å². The maximum absolute atomic E-state index is 13.5. The van der Waals surface area contributed by atoms with Crippen LogP contribution < -0.4 is 10.1 Å². The van der Waals surface area contributed by atoms with E-state index >= 15 is 0 Å². The molecular formula is C10H13FN2O3S. The van der Waals surface area contributed by atoms with Crippen molar-refractivity contribution in [3.63, 3.8) is 0 Å². The molecule has 0 fully saturated rings. The van der Waals surface area contributed by atoms with E-state index < -0.39 is 16.4 Å².